The Morgan fingerprint density at radius 3 is 2.07 bits per heavy atom. The van der Waals surface area contributed by atoms with Gasteiger partial charge in [0.05, 0.1) is 10.6 Å². The summed E-state index contributed by atoms with van der Waals surface area (Å²) in [4.78, 5) is 10.1. The summed E-state index contributed by atoms with van der Waals surface area (Å²) in [6.07, 6.45) is 0. The van der Waals surface area contributed by atoms with Gasteiger partial charge in [-0.2, -0.15) is 31.8 Å². The number of hydrogen-bond donors (Lipinski definition) is 5. The van der Waals surface area contributed by atoms with Crippen LogP contribution in [0.5, 0.6) is 0 Å². The number of nitrogens with one attached hydrogen (secondary N) is 1. The first kappa shape index (κ1) is 18.7. The molecule has 0 aliphatic rings. The van der Waals surface area contributed by atoms with Crippen LogP contribution in [0.4, 0.5) is 23.5 Å². The molecule has 14 heteroatoms. The van der Waals surface area contributed by atoms with Gasteiger partial charge in [0.25, 0.3) is 20.2 Å². The van der Waals surface area contributed by atoms with Gasteiger partial charge in [-0.05, 0) is 23.6 Å². The fraction of sp³-hybridized carbons (Fsp3) is 0. The van der Waals surface area contributed by atoms with Crippen molar-refractivity contribution >= 4 is 54.5 Å². The maximum absolute atomic E-state index is 11.7. The van der Waals surface area contributed by atoms with E-state index in [0.717, 1.165) is 18.2 Å². The number of anilines is 4. The van der Waals surface area contributed by atoms with E-state index in [-0.39, 0.29) is 34.3 Å². The quantitative estimate of drug-likeness (QED) is 0.369. The number of rotatable bonds is 4. The molecule has 0 aliphatic heterocycles. The Kier molecular flexibility index (Phi) is 4.35. The molecular weight excluding hydrogens is 400 g/mol. The third-order valence-corrected chi connectivity index (χ3v) is 5.13. The minimum atomic E-state index is -4.66. The van der Waals surface area contributed by atoms with E-state index in [1.165, 1.54) is 12.1 Å². The summed E-state index contributed by atoms with van der Waals surface area (Å²) in [5.41, 5.74) is 10.8. The van der Waals surface area contributed by atoms with Crippen LogP contribution in [0, 0.1) is 0 Å². The van der Waals surface area contributed by atoms with Gasteiger partial charge in [-0.1, -0.05) is 12.1 Å². The number of nitrogens with zero attached hydrogens (tertiary/aromatic N) is 3. The second-order valence-electron chi connectivity index (χ2n) is 5.28. The zero-order valence-electron chi connectivity index (χ0n) is 13.2. The van der Waals surface area contributed by atoms with Gasteiger partial charge in [-0.15, -0.1) is 0 Å². The van der Waals surface area contributed by atoms with Gasteiger partial charge in [0.2, 0.25) is 17.8 Å². The molecule has 0 fully saturated rings. The number of nitrogens with two attached hydrogens (primary N) is 2. The van der Waals surface area contributed by atoms with Crippen LogP contribution in [-0.2, 0) is 20.2 Å². The fourth-order valence-corrected chi connectivity index (χ4v) is 3.69. The molecule has 0 aliphatic carbocycles. The molecule has 3 aromatic rings. The SMILES string of the molecule is Nc1nc(N)nc(Nc2cc(S(=O)(=O)O)cc3cccc(S(=O)(=O)O)c23)n1. The summed E-state index contributed by atoms with van der Waals surface area (Å²) in [6, 6.07) is 5.79. The average Bonchev–Trinajstić information content (AvgIpc) is 2.51. The second kappa shape index (κ2) is 6.27. The Hall–Kier alpha value is -3.07. The highest BCUT2D eigenvalue weighted by Crippen LogP contribution is 2.34. The highest BCUT2D eigenvalue weighted by Gasteiger charge is 2.21. The smallest absolute Gasteiger partial charge is 0.295 e. The fourth-order valence-electron chi connectivity index (χ4n) is 2.41. The van der Waals surface area contributed by atoms with Crippen molar-refractivity contribution in [2.75, 3.05) is 16.8 Å². The van der Waals surface area contributed by atoms with Crippen molar-refractivity contribution in [1.82, 2.24) is 15.0 Å². The zero-order valence-corrected chi connectivity index (χ0v) is 14.9. The normalized spacial score (nSPS) is 12.2. The molecule has 1 aromatic heterocycles. The third kappa shape index (κ3) is 3.87. The van der Waals surface area contributed by atoms with Crippen molar-refractivity contribution in [2.24, 2.45) is 0 Å². The van der Waals surface area contributed by atoms with E-state index in [4.69, 9.17) is 11.5 Å². The number of nitrogen functional groups attached to an aromatic ring is 2. The van der Waals surface area contributed by atoms with Gasteiger partial charge in [0, 0.05) is 5.39 Å². The van der Waals surface area contributed by atoms with E-state index < -0.39 is 30.0 Å². The molecule has 0 bridgehead atoms. The lowest BCUT2D eigenvalue weighted by Crippen LogP contribution is -2.08. The summed E-state index contributed by atoms with van der Waals surface area (Å²) >= 11 is 0. The van der Waals surface area contributed by atoms with Gasteiger partial charge < -0.3 is 16.8 Å². The number of aromatic nitrogens is 3. The van der Waals surface area contributed by atoms with Crippen molar-refractivity contribution in [3.05, 3.63) is 30.3 Å². The lowest BCUT2D eigenvalue weighted by atomic mass is 10.1. The molecule has 0 saturated heterocycles. The van der Waals surface area contributed by atoms with Crippen molar-refractivity contribution in [2.45, 2.75) is 9.79 Å². The summed E-state index contributed by atoms with van der Waals surface area (Å²) in [5, 5.41) is 2.61. The molecule has 27 heavy (non-hydrogen) atoms. The number of hydrogen-bond acceptors (Lipinski definition) is 10. The summed E-state index contributed by atoms with van der Waals surface area (Å²) in [5.74, 6) is -0.690. The number of benzene rings is 2. The molecule has 0 unspecified atom stereocenters. The molecule has 7 N–H and O–H groups in total. The molecule has 0 amide bonds. The third-order valence-electron chi connectivity index (χ3n) is 3.40. The van der Waals surface area contributed by atoms with Gasteiger partial charge in [0.1, 0.15) is 4.90 Å². The topological polar surface area (TPSA) is 211 Å². The maximum atomic E-state index is 11.7. The highest BCUT2D eigenvalue weighted by molar-refractivity contribution is 7.86. The van der Waals surface area contributed by atoms with E-state index in [1.807, 2.05) is 0 Å². The van der Waals surface area contributed by atoms with Crippen LogP contribution in [0.1, 0.15) is 0 Å². The van der Waals surface area contributed by atoms with Gasteiger partial charge in [-0.25, -0.2) is 0 Å². The predicted molar refractivity (Wildman–Crippen MR) is 95.5 cm³/mol. The highest BCUT2D eigenvalue weighted by atomic mass is 32.2. The van der Waals surface area contributed by atoms with Crippen LogP contribution in [0.2, 0.25) is 0 Å². The van der Waals surface area contributed by atoms with Gasteiger partial charge in [-0.3, -0.25) is 9.11 Å². The van der Waals surface area contributed by atoms with Crippen LogP contribution in [-0.4, -0.2) is 40.9 Å². The monoisotopic (exact) mass is 412 g/mol. The maximum Gasteiger partial charge on any atom is 0.295 e. The first-order chi connectivity index (χ1) is 12.4. The Labute approximate surface area is 152 Å². The van der Waals surface area contributed by atoms with E-state index in [2.05, 4.69) is 20.3 Å². The molecule has 0 radical (unpaired) electrons. The molecule has 2 aromatic carbocycles. The number of fused-ring (bicyclic) bond motifs is 1. The summed E-state index contributed by atoms with van der Waals surface area (Å²) in [7, 11) is -9.29. The van der Waals surface area contributed by atoms with Crippen LogP contribution < -0.4 is 16.8 Å². The first-order valence-electron chi connectivity index (χ1n) is 7.01. The Morgan fingerprint density at radius 1 is 0.889 bits per heavy atom. The second-order valence-corrected chi connectivity index (χ2v) is 8.09. The molecule has 0 spiro atoms. The molecule has 0 atom stereocenters. The Morgan fingerprint density at radius 2 is 1.52 bits per heavy atom. The molecule has 1 heterocycles. The van der Waals surface area contributed by atoms with Gasteiger partial charge in [0.15, 0.2) is 0 Å². The van der Waals surface area contributed by atoms with Crippen molar-refractivity contribution in [1.29, 1.82) is 0 Å². The minimum absolute atomic E-state index is 0.0649. The van der Waals surface area contributed by atoms with E-state index in [0.29, 0.717) is 0 Å². The van der Waals surface area contributed by atoms with E-state index in [1.54, 1.807) is 0 Å². The standard InChI is InChI=1S/C13H12N6O6S2/c14-11-17-12(15)19-13(18-11)16-8-5-7(26(20,21)22)4-6-2-1-3-9(10(6)8)27(23,24)25/h1-5H,(H,20,21,22)(H,23,24,25)(H5,14,15,16,17,18,19). The van der Waals surface area contributed by atoms with Crippen LogP contribution in [0.25, 0.3) is 10.8 Å². The van der Waals surface area contributed by atoms with Crippen LogP contribution >= 0.6 is 0 Å². The molecular formula is C13H12N6O6S2. The molecule has 3 rings (SSSR count). The van der Waals surface area contributed by atoms with Crippen LogP contribution in [0.3, 0.4) is 0 Å². The largest absolute Gasteiger partial charge is 0.368 e. The Bertz CT molecular complexity index is 1260. The molecule has 12 nitrogen and oxygen atoms in total. The first-order valence-corrected chi connectivity index (χ1v) is 9.89. The molecule has 0 saturated carbocycles. The molecule has 142 valence electrons. The van der Waals surface area contributed by atoms with E-state index in [9.17, 15) is 25.9 Å². The van der Waals surface area contributed by atoms with Crippen LogP contribution in [0.15, 0.2) is 40.1 Å². The summed E-state index contributed by atoms with van der Waals surface area (Å²) in [6.45, 7) is 0. The lowest BCUT2D eigenvalue weighted by Gasteiger charge is -2.13. The zero-order chi connectivity index (χ0) is 20.0. The average molecular weight is 412 g/mol. The van der Waals surface area contributed by atoms with E-state index >= 15 is 0 Å². The van der Waals surface area contributed by atoms with Gasteiger partial charge >= 0.3 is 0 Å². The van der Waals surface area contributed by atoms with Crippen molar-refractivity contribution in [3.63, 3.8) is 0 Å². The predicted octanol–water partition coefficient (Wildman–Crippen LogP) is 0.426. The van der Waals surface area contributed by atoms with Crippen molar-refractivity contribution < 1.29 is 25.9 Å². The lowest BCUT2D eigenvalue weighted by molar-refractivity contribution is 0.482. The van der Waals surface area contributed by atoms with Crippen molar-refractivity contribution in [3.8, 4) is 0 Å². The minimum Gasteiger partial charge on any atom is -0.368 e. The Balaban J connectivity index is 2.36. The summed E-state index contributed by atoms with van der Waals surface area (Å²) < 4.78 is 65.4.